The van der Waals surface area contributed by atoms with E-state index in [-0.39, 0.29) is 33.4 Å². The van der Waals surface area contributed by atoms with Crippen molar-refractivity contribution in [1.82, 2.24) is 0 Å². The van der Waals surface area contributed by atoms with E-state index in [2.05, 4.69) is 102 Å². The van der Waals surface area contributed by atoms with Gasteiger partial charge in [-0.05, 0) is 71.9 Å². The molecule has 0 N–H and O–H groups in total. The molecule has 0 aliphatic heterocycles. The molecular formula is C28H34Br4O4. The number of alkyl halides is 4. The van der Waals surface area contributed by atoms with Crippen molar-refractivity contribution in [3.05, 3.63) is 58.7 Å². The van der Waals surface area contributed by atoms with Gasteiger partial charge in [0, 0.05) is 34.2 Å². The number of hydrogen-bond donors (Lipinski definition) is 0. The number of hydrogen-bond acceptors (Lipinski definition) is 4. The van der Waals surface area contributed by atoms with Crippen molar-refractivity contribution < 1.29 is 19.1 Å². The van der Waals surface area contributed by atoms with Crippen molar-refractivity contribution in [2.24, 2.45) is 0 Å². The minimum Gasteiger partial charge on any atom is -0.426 e. The van der Waals surface area contributed by atoms with E-state index in [4.69, 9.17) is 9.47 Å². The molecule has 0 aromatic heterocycles. The van der Waals surface area contributed by atoms with E-state index in [0.29, 0.717) is 11.5 Å². The maximum absolute atomic E-state index is 11.7. The van der Waals surface area contributed by atoms with Crippen molar-refractivity contribution in [2.75, 3.05) is 10.7 Å². The molecule has 0 fully saturated rings. The lowest BCUT2D eigenvalue weighted by atomic mass is 9.77. The number of benzene rings is 2. The van der Waals surface area contributed by atoms with E-state index in [9.17, 15) is 9.59 Å². The van der Waals surface area contributed by atoms with Gasteiger partial charge in [0.15, 0.2) is 0 Å². The normalized spacial score (nSPS) is 14.6. The lowest BCUT2D eigenvalue weighted by Gasteiger charge is -2.28. The molecule has 0 saturated carbocycles. The highest BCUT2D eigenvalue weighted by Crippen LogP contribution is 2.41. The lowest BCUT2D eigenvalue weighted by Crippen LogP contribution is -2.14. The molecule has 0 unspecified atom stereocenters. The second-order valence-electron chi connectivity index (χ2n) is 8.86. The molecule has 0 radical (unpaired) electrons. The maximum atomic E-state index is 11.7. The Kier molecular flexibility index (Phi) is 13.7. The Hall–Kier alpha value is -0.700. The topological polar surface area (TPSA) is 52.6 Å². The molecule has 0 heterocycles. The van der Waals surface area contributed by atoms with Crippen molar-refractivity contribution >= 4 is 75.7 Å². The monoisotopic (exact) mass is 750 g/mol. The number of rotatable bonds is 13. The summed E-state index contributed by atoms with van der Waals surface area (Å²) in [6.45, 7) is 7.29. The average Bonchev–Trinajstić information content (AvgIpc) is 2.84. The van der Waals surface area contributed by atoms with E-state index in [1.807, 2.05) is 12.1 Å². The van der Waals surface area contributed by atoms with E-state index in [0.717, 1.165) is 47.5 Å². The zero-order valence-electron chi connectivity index (χ0n) is 21.2. The molecule has 0 amide bonds. The van der Waals surface area contributed by atoms with Crippen LogP contribution in [0.2, 0.25) is 0 Å². The van der Waals surface area contributed by atoms with Crippen molar-refractivity contribution in [2.45, 2.75) is 74.9 Å². The molecule has 0 aliphatic carbocycles. The first kappa shape index (κ1) is 31.5. The molecule has 0 bridgehead atoms. The van der Waals surface area contributed by atoms with Crippen molar-refractivity contribution in [3.63, 3.8) is 0 Å². The summed E-state index contributed by atoms with van der Waals surface area (Å²) in [6.07, 6.45) is 3.42. The van der Waals surface area contributed by atoms with Crippen LogP contribution >= 0.6 is 63.7 Å². The summed E-state index contributed by atoms with van der Waals surface area (Å²) in [7, 11) is 0. The maximum Gasteiger partial charge on any atom is 0.308 e. The third kappa shape index (κ3) is 9.25. The SMILES string of the molecule is CC[C@@H](c1ccc(OC(C)=O)c(C[C@H](Br)CBr)c1)[C@@H](CC)c1ccc(OC(C)=O)c(C[C@H](Br)CBr)c1. The van der Waals surface area contributed by atoms with E-state index < -0.39 is 0 Å². The summed E-state index contributed by atoms with van der Waals surface area (Å²) in [4.78, 5) is 23.8. The smallest absolute Gasteiger partial charge is 0.308 e. The van der Waals surface area contributed by atoms with Gasteiger partial charge < -0.3 is 9.47 Å². The van der Waals surface area contributed by atoms with Gasteiger partial charge in [0.1, 0.15) is 11.5 Å². The fourth-order valence-corrected chi connectivity index (χ4v) is 5.73. The van der Waals surface area contributed by atoms with Gasteiger partial charge in [0.2, 0.25) is 0 Å². The van der Waals surface area contributed by atoms with Crippen LogP contribution in [0.3, 0.4) is 0 Å². The van der Waals surface area contributed by atoms with Crippen LogP contribution < -0.4 is 9.47 Å². The summed E-state index contributed by atoms with van der Waals surface area (Å²) in [5.41, 5.74) is 4.49. The molecule has 0 aliphatic rings. The molecule has 4 nitrogen and oxygen atoms in total. The number of halogens is 4. The zero-order valence-corrected chi connectivity index (χ0v) is 27.5. The predicted octanol–water partition coefficient (Wildman–Crippen LogP) is 8.63. The van der Waals surface area contributed by atoms with Crippen LogP contribution in [0.1, 0.15) is 74.6 Å². The van der Waals surface area contributed by atoms with Crippen LogP contribution in [0.25, 0.3) is 0 Å². The largest absolute Gasteiger partial charge is 0.426 e. The van der Waals surface area contributed by atoms with Gasteiger partial charge in [0.05, 0.1) is 0 Å². The molecule has 36 heavy (non-hydrogen) atoms. The van der Waals surface area contributed by atoms with Crippen LogP contribution in [-0.4, -0.2) is 32.3 Å². The number of carbonyl (C=O) groups is 2. The lowest BCUT2D eigenvalue weighted by molar-refractivity contribution is -0.132. The molecule has 2 aromatic rings. The second kappa shape index (κ2) is 15.6. The first-order valence-corrected chi connectivity index (χ1v) is 16.2. The third-order valence-electron chi connectivity index (χ3n) is 6.12. The van der Waals surface area contributed by atoms with E-state index in [1.54, 1.807) is 0 Å². The molecule has 4 atom stereocenters. The van der Waals surface area contributed by atoms with Crippen LogP contribution in [0.5, 0.6) is 11.5 Å². The first-order valence-electron chi connectivity index (χ1n) is 12.2. The molecular weight excluding hydrogens is 720 g/mol. The minimum atomic E-state index is -0.318. The number of carbonyl (C=O) groups excluding carboxylic acids is 2. The van der Waals surface area contributed by atoms with Gasteiger partial charge >= 0.3 is 11.9 Å². The zero-order chi connectivity index (χ0) is 26.8. The highest BCUT2D eigenvalue weighted by molar-refractivity contribution is 9.12. The Morgan fingerprint density at radius 1 is 0.722 bits per heavy atom. The quantitative estimate of drug-likeness (QED) is 0.117. The highest BCUT2D eigenvalue weighted by Gasteiger charge is 2.25. The summed E-state index contributed by atoms with van der Waals surface area (Å²) in [5.74, 6) is 1.15. The van der Waals surface area contributed by atoms with Gasteiger partial charge in [-0.3, -0.25) is 9.59 Å². The van der Waals surface area contributed by atoms with Gasteiger partial charge in [-0.2, -0.15) is 0 Å². The Balaban J connectivity index is 2.51. The fourth-order valence-electron chi connectivity index (χ4n) is 4.58. The molecule has 0 spiro atoms. The first-order chi connectivity index (χ1) is 17.1. The average molecular weight is 754 g/mol. The van der Waals surface area contributed by atoms with Gasteiger partial charge in [-0.1, -0.05) is 102 Å². The Morgan fingerprint density at radius 2 is 1.08 bits per heavy atom. The molecule has 2 aromatic carbocycles. The van der Waals surface area contributed by atoms with Crippen LogP contribution in [0, 0.1) is 0 Å². The van der Waals surface area contributed by atoms with Gasteiger partial charge in [-0.25, -0.2) is 0 Å². The predicted molar refractivity (Wildman–Crippen MR) is 162 cm³/mol. The number of esters is 2. The fraction of sp³-hybridized carbons (Fsp3) is 0.500. The molecule has 8 heteroatoms. The number of ether oxygens (including phenoxy) is 2. The second-order valence-corrected chi connectivity index (χ2v) is 12.7. The summed E-state index contributed by atoms with van der Waals surface area (Å²) < 4.78 is 11.0. The summed E-state index contributed by atoms with van der Waals surface area (Å²) in [5, 5.41) is 1.60. The van der Waals surface area contributed by atoms with E-state index >= 15 is 0 Å². The Bertz CT molecular complexity index is 945. The summed E-state index contributed by atoms with van der Waals surface area (Å²) in [6, 6.07) is 12.4. The van der Waals surface area contributed by atoms with Crippen LogP contribution in [-0.2, 0) is 22.4 Å². The highest BCUT2D eigenvalue weighted by atomic mass is 79.9. The minimum absolute atomic E-state index is 0.229. The molecule has 198 valence electrons. The standard InChI is InChI=1S/C28H34Br4O4/c1-5-25(19-7-9-27(35-17(3)33)21(11-19)13-23(31)15-29)26(6-2)20-8-10-28(36-18(4)34)22(12-20)14-24(32)16-30/h7-12,23-26H,5-6,13-16H2,1-4H3/t23-,24-,25-,26-/m0/s1. The van der Waals surface area contributed by atoms with Crippen molar-refractivity contribution in [1.29, 1.82) is 0 Å². The third-order valence-corrected chi connectivity index (χ3v) is 10.7. The van der Waals surface area contributed by atoms with Gasteiger partial charge in [0.25, 0.3) is 0 Å². The van der Waals surface area contributed by atoms with Crippen LogP contribution in [0.4, 0.5) is 0 Å². The van der Waals surface area contributed by atoms with E-state index in [1.165, 1.54) is 25.0 Å². The van der Waals surface area contributed by atoms with Crippen LogP contribution in [0.15, 0.2) is 36.4 Å². The summed E-state index contributed by atoms with van der Waals surface area (Å²) >= 11 is 14.5. The molecule has 0 saturated heterocycles. The Labute approximate surface area is 248 Å². The Morgan fingerprint density at radius 3 is 1.36 bits per heavy atom. The van der Waals surface area contributed by atoms with Crippen molar-refractivity contribution in [3.8, 4) is 11.5 Å². The molecule has 2 rings (SSSR count). The van der Waals surface area contributed by atoms with Gasteiger partial charge in [-0.15, -0.1) is 0 Å².